The fraction of sp³-hybridized carbons (Fsp3) is 0.250. The SMILES string of the molecule is Cc1[nH]c2ccc(F)cc2c1CC(=O)NC1CCOc2ccc(Br)cc21. The van der Waals surface area contributed by atoms with Gasteiger partial charge in [0, 0.05) is 33.1 Å². The van der Waals surface area contributed by atoms with Crippen molar-refractivity contribution in [3.05, 3.63) is 63.5 Å². The minimum atomic E-state index is -0.304. The highest BCUT2D eigenvalue weighted by atomic mass is 79.9. The van der Waals surface area contributed by atoms with Crippen LogP contribution in [0, 0.1) is 12.7 Å². The number of nitrogens with one attached hydrogen (secondary N) is 2. The van der Waals surface area contributed by atoms with E-state index in [-0.39, 0.29) is 24.2 Å². The molecular weight excluding hydrogens is 399 g/mol. The number of aromatic amines is 1. The van der Waals surface area contributed by atoms with Gasteiger partial charge in [0.05, 0.1) is 19.1 Å². The third-order valence-corrected chi connectivity index (χ3v) is 5.26. The Morgan fingerprint density at radius 2 is 2.19 bits per heavy atom. The molecule has 0 spiro atoms. The van der Waals surface area contributed by atoms with Gasteiger partial charge in [-0.2, -0.15) is 0 Å². The molecule has 2 heterocycles. The minimum absolute atomic E-state index is 0.0870. The van der Waals surface area contributed by atoms with Gasteiger partial charge in [0.1, 0.15) is 11.6 Å². The Kier molecular flexibility index (Phi) is 4.44. The van der Waals surface area contributed by atoms with Gasteiger partial charge < -0.3 is 15.0 Å². The van der Waals surface area contributed by atoms with Crippen molar-refractivity contribution >= 4 is 32.7 Å². The summed E-state index contributed by atoms with van der Waals surface area (Å²) in [4.78, 5) is 15.9. The molecule has 0 radical (unpaired) electrons. The Balaban J connectivity index is 1.57. The minimum Gasteiger partial charge on any atom is -0.493 e. The molecule has 1 unspecified atom stereocenters. The number of carbonyl (C=O) groups is 1. The molecule has 1 aliphatic rings. The quantitative estimate of drug-likeness (QED) is 0.657. The molecule has 0 bridgehead atoms. The number of aromatic nitrogens is 1. The largest absolute Gasteiger partial charge is 0.493 e. The summed E-state index contributed by atoms with van der Waals surface area (Å²) in [6.07, 6.45) is 0.923. The standard InChI is InChI=1S/C20H18BrFN2O2/c1-11-14(15-9-13(22)3-4-17(15)23-11)10-20(25)24-18-6-7-26-19-5-2-12(21)8-16(18)19/h2-5,8-9,18,23H,6-7,10H2,1H3,(H,24,25). The van der Waals surface area contributed by atoms with Crippen LogP contribution in [0.2, 0.25) is 0 Å². The second-order valence-corrected chi connectivity index (χ2v) is 7.45. The van der Waals surface area contributed by atoms with Gasteiger partial charge in [-0.3, -0.25) is 4.79 Å². The van der Waals surface area contributed by atoms with E-state index in [0.717, 1.165) is 44.4 Å². The van der Waals surface area contributed by atoms with Crippen LogP contribution in [0.15, 0.2) is 40.9 Å². The number of rotatable bonds is 3. The van der Waals surface area contributed by atoms with E-state index >= 15 is 0 Å². The molecule has 6 heteroatoms. The van der Waals surface area contributed by atoms with E-state index in [4.69, 9.17) is 4.74 Å². The number of amides is 1. The molecule has 1 amide bonds. The molecular formula is C20H18BrFN2O2. The van der Waals surface area contributed by atoms with Crippen LogP contribution >= 0.6 is 15.9 Å². The molecule has 4 nitrogen and oxygen atoms in total. The van der Waals surface area contributed by atoms with Crippen molar-refractivity contribution in [3.63, 3.8) is 0 Å². The number of ether oxygens (including phenoxy) is 1. The smallest absolute Gasteiger partial charge is 0.224 e. The van der Waals surface area contributed by atoms with Gasteiger partial charge >= 0.3 is 0 Å². The lowest BCUT2D eigenvalue weighted by atomic mass is 10.00. The van der Waals surface area contributed by atoms with Crippen molar-refractivity contribution in [1.29, 1.82) is 0 Å². The summed E-state index contributed by atoms with van der Waals surface area (Å²) in [5.41, 5.74) is 3.53. The number of carbonyl (C=O) groups excluding carboxylic acids is 1. The normalized spacial score (nSPS) is 16.2. The van der Waals surface area contributed by atoms with Crippen molar-refractivity contribution in [2.24, 2.45) is 0 Å². The van der Waals surface area contributed by atoms with Gasteiger partial charge in [-0.15, -0.1) is 0 Å². The fourth-order valence-electron chi connectivity index (χ4n) is 3.50. The fourth-order valence-corrected chi connectivity index (χ4v) is 3.88. The molecule has 0 fully saturated rings. The van der Waals surface area contributed by atoms with Crippen LogP contribution in [-0.2, 0) is 11.2 Å². The summed E-state index contributed by atoms with van der Waals surface area (Å²) in [5, 5.41) is 3.86. The summed E-state index contributed by atoms with van der Waals surface area (Å²) in [5.74, 6) is 0.410. The topological polar surface area (TPSA) is 54.1 Å². The van der Waals surface area contributed by atoms with Crippen molar-refractivity contribution < 1.29 is 13.9 Å². The molecule has 0 saturated carbocycles. The van der Waals surface area contributed by atoms with E-state index in [1.165, 1.54) is 12.1 Å². The van der Waals surface area contributed by atoms with Crippen LogP contribution in [0.1, 0.15) is 29.3 Å². The lowest BCUT2D eigenvalue weighted by Gasteiger charge is -2.27. The Labute approximate surface area is 158 Å². The maximum Gasteiger partial charge on any atom is 0.224 e. The molecule has 0 aliphatic carbocycles. The number of H-pyrrole nitrogens is 1. The molecule has 2 N–H and O–H groups in total. The third-order valence-electron chi connectivity index (χ3n) is 4.77. The van der Waals surface area contributed by atoms with Crippen LogP contribution in [0.3, 0.4) is 0 Å². The van der Waals surface area contributed by atoms with Crippen LogP contribution in [0.4, 0.5) is 4.39 Å². The lowest BCUT2D eigenvalue weighted by Crippen LogP contribution is -2.33. The number of hydrogen-bond donors (Lipinski definition) is 2. The third kappa shape index (κ3) is 3.21. The van der Waals surface area contributed by atoms with Crippen LogP contribution in [0.25, 0.3) is 10.9 Å². The van der Waals surface area contributed by atoms with E-state index in [1.54, 1.807) is 6.07 Å². The molecule has 3 aromatic rings. The first-order valence-corrected chi connectivity index (χ1v) is 9.29. The Bertz CT molecular complexity index is 999. The van der Waals surface area contributed by atoms with Crippen molar-refractivity contribution in [1.82, 2.24) is 10.3 Å². The van der Waals surface area contributed by atoms with Gasteiger partial charge in [0.15, 0.2) is 0 Å². The van der Waals surface area contributed by atoms with Crippen molar-refractivity contribution in [2.75, 3.05) is 6.61 Å². The first-order chi connectivity index (χ1) is 12.5. The first-order valence-electron chi connectivity index (χ1n) is 8.49. The van der Waals surface area contributed by atoms with Gasteiger partial charge in [-0.1, -0.05) is 15.9 Å². The maximum atomic E-state index is 13.6. The average Bonchev–Trinajstić information content (AvgIpc) is 2.91. The highest BCUT2D eigenvalue weighted by Gasteiger charge is 2.24. The van der Waals surface area contributed by atoms with E-state index < -0.39 is 0 Å². The Hall–Kier alpha value is -2.34. The van der Waals surface area contributed by atoms with Crippen molar-refractivity contribution in [3.8, 4) is 5.75 Å². The number of fused-ring (bicyclic) bond motifs is 2. The molecule has 0 saturated heterocycles. The Morgan fingerprint density at radius 1 is 1.35 bits per heavy atom. The number of halogens is 2. The van der Waals surface area contributed by atoms with E-state index in [9.17, 15) is 9.18 Å². The second-order valence-electron chi connectivity index (χ2n) is 6.53. The molecule has 1 aromatic heterocycles. The summed E-state index contributed by atoms with van der Waals surface area (Å²) < 4.78 is 20.2. The van der Waals surface area contributed by atoms with Crippen LogP contribution in [0.5, 0.6) is 5.75 Å². The second kappa shape index (κ2) is 6.76. The highest BCUT2D eigenvalue weighted by molar-refractivity contribution is 9.10. The van der Waals surface area contributed by atoms with E-state index in [1.807, 2.05) is 25.1 Å². The maximum absolute atomic E-state index is 13.6. The molecule has 4 rings (SSSR count). The highest BCUT2D eigenvalue weighted by Crippen LogP contribution is 2.34. The zero-order chi connectivity index (χ0) is 18.3. The lowest BCUT2D eigenvalue weighted by molar-refractivity contribution is -0.121. The number of aryl methyl sites for hydroxylation is 1. The molecule has 134 valence electrons. The predicted molar refractivity (Wildman–Crippen MR) is 102 cm³/mol. The summed E-state index contributed by atoms with van der Waals surface area (Å²) in [6, 6.07) is 10.3. The zero-order valence-corrected chi connectivity index (χ0v) is 15.8. The summed E-state index contributed by atoms with van der Waals surface area (Å²) >= 11 is 3.47. The van der Waals surface area contributed by atoms with Crippen molar-refractivity contribution in [2.45, 2.75) is 25.8 Å². The average molecular weight is 417 g/mol. The first kappa shape index (κ1) is 17.1. The summed E-state index contributed by atoms with van der Waals surface area (Å²) in [6.45, 7) is 2.47. The van der Waals surface area contributed by atoms with Crippen LogP contribution < -0.4 is 10.1 Å². The molecule has 26 heavy (non-hydrogen) atoms. The Morgan fingerprint density at radius 3 is 3.04 bits per heavy atom. The monoisotopic (exact) mass is 416 g/mol. The van der Waals surface area contributed by atoms with Gasteiger partial charge in [0.2, 0.25) is 5.91 Å². The summed E-state index contributed by atoms with van der Waals surface area (Å²) in [7, 11) is 0. The van der Waals surface area contributed by atoms with Gasteiger partial charge in [0.25, 0.3) is 0 Å². The number of hydrogen-bond acceptors (Lipinski definition) is 2. The van der Waals surface area contributed by atoms with Gasteiger partial charge in [-0.05, 0) is 48.9 Å². The number of benzene rings is 2. The predicted octanol–water partition coefficient (Wildman–Crippen LogP) is 4.56. The van der Waals surface area contributed by atoms with Gasteiger partial charge in [-0.25, -0.2) is 4.39 Å². The van der Waals surface area contributed by atoms with E-state index in [2.05, 4.69) is 26.2 Å². The van der Waals surface area contributed by atoms with Crippen LogP contribution in [-0.4, -0.2) is 17.5 Å². The molecule has 2 aromatic carbocycles. The zero-order valence-electron chi connectivity index (χ0n) is 14.2. The molecule has 1 atom stereocenters. The molecule has 1 aliphatic heterocycles. The van der Waals surface area contributed by atoms with E-state index in [0.29, 0.717) is 6.61 Å².